The fourth-order valence-corrected chi connectivity index (χ4v) is 2.20. The second kappa shape index (κ2) is 6.23. The highest BCUT2D eigenvalue weighted by Gasteiger charge is 2.17. The first-order chi connectivity index (χ1) is 9.49. The summed E-state index contributed by atoms with van der Waals surface area (Å²) >= 11 is 6.22. The van der Waals surface area contributed by atoms with Crippen molar-refractivity contribution in [3.63, 3.8) is 0 Å². The van der Waals surface area contributed by atoms with Gasteiger partial charge in [-0.25, -0.2) is 8.78 Å². The van der Waals surface area contributed by atoms with E-state index in [9.17, 15) is 8.78 Å². The van der Waals surface area contributed by atoms with Crippen LogP contribution in [0.5, 0.6) is 5.75 Å². The highest BCUT2D eigenvalue weighted by molar-refractivity contribution is 6.22. The van der Waals surface area contributed by atoms with Crippen LogP contribution in [-0.2, 0) is 0 Å². The van der Waals surface area contributed by atoms with Gasteiger partial charge in [0.05, 0.1) is 11.5 Å². The highest BCUT2D eigenvalue weighted by atomic mass is 35.5. The Morgan fingerprint density at radius 2 is 1.65 bits per heavy atom. The SMILES string of the molecule is CC(C)Oc1ccc(C(Cl)c2cccc(F)c2F)cc1. The summed E-state index contributed by atoms with van der Waals surface area (Å²) in [5.74, 6) is -1.09. The van der Waals surface area contributed by atoms with Crippen LogP contribution in [0.2, 0.25) is 0 Å². The lowest BCUT2D eigenvalue weighted by atomic mass is 10.0. The van der Waals surface area contributed by atoms with Crippen LogP contribution in [0.25, 0.3) is 0 Å². The molecular weight excluding hydrogens is 282 g/mol. The Morgan fingerprint density at radius 1 is 1.00 bits per heavy atom. The van der Waals surface area contributed by atoms with Gasteiger partial charge in [-0.05, 0) is 37.6 Å². The molecule has 1 unspecified atom stereocenters. The summed E-state index contributed by atoms with van der Waals surface area (Å²) in [4.78, 5) is 0. The number of alkyl halides is 1. The van der Waals surface area contributed by atoms with Crippen molar-refractivity contribution in [1.82, 2.24) is 0 Å². The molecule has 0 fully saturated rings. The first-order valence-corrected chi connectivity index (χ1v) is 6.77. The van der Waals surface area contributed by atoms with E-state index in [0.29, 0.717) is 11.3 Å². The largest absolute Gasteiger partial charge is 0.491 e. The maximum atomic E-state index is 13.7. The number of ether oxygens (including phenoxy) is 1. The average molecular weight is 297 g/mol. The Balaban J connectivity index is 2.25. The number of benzene rings is 2. The summed E-state index contributed by atoms with van der Waals surface area (Å²) in [6.45, 7) is 3.86. The van der Waals surface area contributed by atoms with Gasteiger partial charge in [-0.15, -0.1) is 11.6 Å². The van der Waals surface area contributed by atoms with Gasteiger partial charge in [0.2, 0.25) is 0 Å². The second-order valence-electron chi connectivity index (χ2n) is 4.74. The predicted molar refractivity (Wildman–Crippen MR) is 76.3 cm³/mol. The van der Waals surface area contributed by atoms with Gasteiger partial charge < -0.3 is 4.74 Å². The van der Waals surface area contributed by atoms with Crippen LogP contribution in [0.1, 0.15) is 30.4 Å². The first kappa shape index (κ1) is 14.8. The zero-order valence-electron chi connectivity index (χ0n) is 11.2. The van der Waals surface area contributed by atoms with Gasteiger partial charge in [0.1, 0.15) is 5.75 Å². The summed E-state index contributed by atoms with van der Waals surface area (Å²) in [5.41, 5.74) is 0.816. The van der Waals surface area contributed by atoms with Gasteiger partial charge in [-0.2, -0.15) is 0 Å². The predicted octanol–water partition coefficient (Wildman–Crippen LogP) is 5.08. The third-order valence-electron chi connectivity index (χ3n) is 2.80. The van der Waals surface area contributed by atoms with E-state index in [1.165, 1.54) is 12.1 Å². The zero-order valence-corrected chi connectivity index (χ0v) is 12.0. The minimum Gasteiger partial charge on any atom is -0.491 e. The van der Waals surface area contributed by atoms with Crippen LogP contribution in [-0.4, -0.2) is 6.10 Å². The summed E-state index contributed by atoms with van der Waals surface area (Å²) < 4.78 is 32.4. The molecule has 106 valence electrons. The molecule has 0 spiro atoms. The standard InChI is InChI=1S/C16H15ClF2O/c1-10(2)20-12-8-6-11(7-9-12)15(17)13-4-3-5-14(18)16(13)19/h3-10,15H,1-2H3. The monoisotopic (exact) mass is 296 g/mol. The molecule has 1 atom stereocenters. The van der Waals surface area contributed by atoms with Gasteiger partial charge >= 0.3 is 0 Å². The van der Waals surface area contributed by atoms with Crippen LogP contribution in [0.4, 0.5) is 8.78 Å². The molecule has 0 aliphatic heterocycles. The molecule has 4 heteroatoms. The smallest absolute Gasteiger partial charge is 0.163 e. The summed E-state index contributed by atoms with van der Waals surface area (Å²) in [5, 5.41) is -0.737. The molecule has 0 radical (unpaired) electrons. The molecule has 0 heterocycles. The molecule has 0 saturated carbocycles. The first-order valence-electron chi connectivity index (χ1n) is 6.33. The fourth-order valence-electron chi connectivity index (χ4n) is 1.88. The Morgan fingerprint density at radius 3 is 2.25 bits per heavy atom. The molecule has 0 aliphatic carbocycles. The van der Waals surface area contributed by atoms with Gasteiger partial charge in [-0.3, -0.25) is 0 Å². The fraction of sp³-hybridized carbons (Fsp3) is 0.250. The quantitative estimate of drug-likeness (QED) is 0.715. The van der Waals surface area contributed by atoms with Crippen LogP contribution in [0, 0.1) is 11.6 Å². The van der Waals surface area contributed by atoms with Crippen LogP contribution < -0.4 is 4.74 Å². The molecular formula is C16H15ClF2O. The van der Waals surface area contributed by atoms with Crippen molar-refractivity contribution in [2.75, 3.05) is 0 Å². The third kappa shape index (κ3) is 3.28. The van der Waals surface area contributed by atoms with Gasteiger partial charge in [-0.1, -0.05) is 24.3 Å². The normalized spacial score (nSPS) is 12.5. The number of rotatable bonds is 4. The lowest BCUT2D eigenvalue weighted by Crippen LogP contribution is -2.05. The molecule has 0 N–H and O–H groups in total. The molecule has 2 aromatic carbocycles. The Kier molecular flexibility index (Phi) is 4.61. The van der Waals surface area contributed by atoms with Crippen molar-refractivity contribution in [2.45, 2.75) is 25.3 Å². The topological polar surface area (TPSA) is 9.23 Å². The number of hydrogen-bond acceptors (Lipinski definition) is 1. The van der Waals surface area contributed by atoms with Crippen molar-refractivity contribution < 1.29 is 13.5 Å². The summed E-state index contributed by atoms with van der Waals surface area (Å²) in [7, 11) is 0. The van der Waals surface area contributed by atoms with Crippen molar-refractivity contribution in [2.24, 2.45) is 0 Å². The molecule has 0 aliphatic rings. The molecule has 0 aromatic heterocycles. The van der Waals surface area contributed by atoms with Gasteiger partial charge in [0.25, 0.3) is 0 Å². The van der Waals surface area contributed by atoms with E-state index in [1.807, 2.05) is 13.8 Å². The minimum absolute atomic E-state index is 0.0771. The van der Waals surface area contributed by atoms with E-state index in [2.05, 4.69) is 0 Å². The van der Waals surface area contributed by atoms with Gasteiger partial charge in [0, 0.05) is 5.56 Å². The van der Waals surface area contributed by atoms with Crippen LogP contribution >= 0.6 is 11.6 Å². The Hall–Kier alpha value is -1.61. The van der Waals surface area contributed by atoms with Crippen molar-refractivity contribution >= 4 is 11.6 Å². The summed E-state index contributed by atoms with van der Waals surface area (Å²) in [6, 6.07) is 11.0. The Bertz CT molecular complexity index is 582. The van der Waals surface area contributed by atoms with Crippen molar-refractivity contribution in [1.29, 1.82) is 0 Å². The van der Waals surface area contributed by atoms with Crippen molar-refractivity contribution in [3.8, 4) is 5.75 Å². The van der Waals surface area contributed by atoms with E-state index >= 15 is 0 Å². The molecule has 1 nitrogen and oxygen atoms in total. The Labute approximate surface area is 122 Å². The van der Waals surface area contributed by atoms with E-state index in [-0.39, 0.29) is 11.7 Å². The average Bonchev–Trinajstić information content (AvgIpc) is 2.41. The lowest BCUT2D eigenvalue weighted by molar-refractivity contribution is 0.242. The van der Waals surface area contributed by atoms with E-state index in [4.69, 9.17) is 16.3 Å². The minimum atomic E-state index is -0.907. The lowest BCUT2D eigenvalue weighted by Gasteiger charge is -2.14. The van der Waals surface area contributed by atoms with Crippen LogP contribution in [0.3, 0.4) is 0 Å². The third-order valence-corrected chi connectivity index (χ3v) is 3.29. The molecule has 0 amide bonds. The highest BCUT2D eigenvalue weighted by Crippen LogP contribution is 2.32. The molecule has 0 bridgehead atoms. The maximum Gasteiger partial charge on any atom is 0.163 e. The second-order valence-corrected chi connectivity index (χ2v) is 5.18. The van der Waals surface area contributed by atoms with E-state index in [0.717, 1.165) is 6.07 Å². The van der Waals surface area contributed by atoms with E-state index < -0.39 is 17.0 Å². The number of halogens is 3. The summed E-state index contributed by atoms with van der Waals surface area (Å²) in [6.07, 6.45) is 0.0771. The molecule has 20 heavy (non-hydrogen) atoms. The molecule has 2 rings (SSSR count). The zero-order chi connectivity index (χ0) is 14.7. The maximum absolute atomic E-state index is 13.7. The van der Waals surface area contributed by atoms with E-state index in [1.54, 1.807) is 24.3 Å². The number of hydrogen-bond donors (Lipinski definition) is 0. The molecule has 2 aromatic rings. The molecule has 0 saturated heterocycles. The van der Waals surface area contributed by atoms with Crippen LogP contribution in [0.15, 0.2) is 42.5 Å². The van der Waals surface area contributed by atoms with Crippen molar-refractivity contribution in [3.05, 3.63) is 65.2 Å². The van der Waals surface area contributed by atoms with Gasteiger partial charge in [0.15, 0.2) is 11.6 Å².